The number of rotatable bonds is 3. The van der Waals surface area contributed by atoms with Crippen molar-refractivity contribution in [2.24, 2.45) is 11.3 Å². The molecule has 0 bridgehead atoms. The summed E-state index contributed by atoms with van der Waals surface area (Å²) in [4.78, 5) is 17.0. The highest BCUT2D eigenvalue weighted by atomic mass is 16.2. The van der Waals surface area contributed by atoms with Crippen molar-refractivity contribution < 1.29 is 4.79 Å². The minimum Gasteiger partial charge on any atom is -0.315 e. The molecule has 0 aromatic rings. The van der Waals surface area contributed by atoms with Crippen LogP contribution in [0.3, 0.4) is 0 Å². The summed E-state index contributed by atoms with van der Waals surface area (Å²) in [6, 6.07) is 0. The lowest BCUT2D eigenvalue weighted by Crippen LogP contribution is -2.38. The van der Waals surface area contributed by atoms with Gasteiger partial charge in [0, 0.05) is 12.2 Å². The first-order valence-electron chi connectivity index (χ1n) is 8.07. The second kappa shape index (κ2) is 5.88. The van der Waals surface area contributed by atoms with Gasteiger partial charge >= 0.3 is 0 Å². The molecule has 2 aliphatic heterocycles. The van der Waals surface area contributed by atoms with Crippen LogP contribution in [-0.2, 0) is 4.79 Å². The summed E-state index contributed by atoms with van der Waals surface area (Å²) >= 11 is 0. The van der Waals surface area contributed by atoms with Crippen LogP contribution in [0.4, 0.5) is 0 Å². The predicted molar refractivity (Wildman–Crippen MR) is 83.3 cm³/mol. The Morgan fingerprint density at radius 2 is 1.75 bits per heavy atom. The number of amides is 1. The van der Waals surface area contributed by atoms with E-state index in [1.807, 2.05) is 0 Å². The standard InChI is InChI=1S/C17H30N2O/c1-13(2)16-14(17(3,4)5)8-11-19(16)15(20)12-18-9-6-7-10-18/h13H,6-12H2,1-5H3. The average Bonchev–Trinajstić information content (AvgIpc) is 2.95. The number of carbonyl (C=O) groups is 1. The minimum absolute atomic E-state index is 0.169. The predicted octanol–water partition coefficient (Wildman–Crippen LogP) is 3.27. The van der Waals surface area contributed by atoms with E-state index in [2.05, 4.69) is 44.4 Å². The van der Waals surface area contributed by atoms with Crippen LogP contribution in [0.2, 0.25) is 0 Å². The lowest BCUT2D eigenvalue weighted by atomic mass is 9.83. The maximum absolute atomic E-state index is 12.6. The zero-order valence-corrected chi connectivity index (χ0v) is 13.8. The van der Waals surface area contributed by atoms with Gasteiger partial charge in [-0.1, -0.05) is 34.6 Å². The summed E-state index contributed by atoms with van der Waals surface area (Å²) in [5, 5.41) is 0. The van der Waals surface area contributed by atoms with Crippen molar-refractivity contribution in [1.29, 1.82) is 0 Å². The van der Waals surface area contributed by atoms with Gasteiger partial charge in [-0.2, -0.15) is 0 Å². The van der Waals surface area contributed by atoms with Crippen LogP contribution < -0.4 is 0 Å². The van der Waals surface area contributed by atoms with Crippen LogP contribution in [0.15, 0.2) is 11.3 Å². The van der Waals surface area contributed by atoms with Crippen LogP contribution in [0.5, 0.6) is 0 Å². The molecule has 0 N–H and O–H groups in total. The number of nitrogens with zero attached hydrogens (tertiary/aromatic N) is 2. The number of allylic oxidation sites excluding steroid dienone is 1. The van der Waals surface area contributed by atoms with E-state index in [1.165, 1.54) is 24.1 Å². The van der Waals surface area contributed by atoms with Crippen molar-refractivity contribution in [3.05, 3.63) is 11.3 Å². The highest BCUT2D eigenvalue weighted by Crippen LogP contribution is 2.39. The maximum atomic E-state index is 12.6. The first-order chi connectivity index (χ1) is 9.30. The molecule has 0 saturated carbocycles. The summed E-state index contributed by atoms with van der Waals surface area (Å²) < 4.78 is 0. The Bertz CT molecular complexity index is 398. The normalized spacial score (nSPS) is 21.4. The van der Waals surface area contributed by atoms with E-state index in [9.17, 15) is 4.79 Å². The van der Waals surface area contributed by atoms with Crippen LogP contribution in [0, 0.1) is 11.3 Å². The summed E-state index contributed by atoms with van der Waals surface area (Å²) in [6.45, 7) is 14.9. The number of hydrogen-bond acceptors (Lipinski definition) is 2. The molecule has 114 valence electrons. The third-order valence-corrected chi connectivity index (χ3v) is 4.50. The molecule has 20 heavy (non-hydrogen) atoms. The van der Waals surface area contributed by atoms with Gasteiger partial charge in [0.2, 0.25) is 5.91 Å². The molecule has 0 unspecified atom stereocenters. The van der Waals surface area contributed by atoms with Crippen molar-refractivity contribution in [3.8, 4) is 0 Å². The van der Waals surface area contributed by atoms with E-state index in [1.54, 1.807) is 0 Å². The average molecular weight is 278 g/mol. The van der Waals surface area contributed by atoms with Crippen LogP contribution in [0.25, 0.3) is 0 Å². The number of hydrogen-bond donors (Lipinski definition) is 0. The zero-order valence-electron chi connectivity index (χ0n) is 13.8. The van der Waals surface area contributed by atoms with E-state index in [-0.39, 0.29) is 5.41 Å². The van der Waals surface area contributed by atoms with Crippen LogP contribution in [-0.4, -0.2) is 41.9 Å². The molecule has 0 aromatic heterocycles. The van der Waals surface area contributed by atoms with Gasteiger partial charge in [0.1, 0.15) is 0 Å². The second-order valence-corrected chi connectivity index (χ2v) is 7.55. The minimum atomic E-state index is 0.169. The van der Waals surface area contributed by atoms with E-state index >= 15 is 0 Å². The molecule has 0 atom stereocenters. The van der Waals surface area contributed by atoms with Crippen LogP contribution in [0.1, 0.15) is 53.9 Å². The molecule has 0 spiro atoms. The summed E-state index contributed by atoms with van der Waals surface area (Å²) in [6.07, 6.45) is 3.53. The fourth-order valence-corrected chi connectivity index (χ4v) is 3.53. The Hall–Kier alpha value is -0.830. The van der Waals surface area contributed by atoms with Crippen LogP contribution >= 0.6 is 0 Å². The SMILES string of the molecule is CC(C)C1=C(C(C)(C)C)CCN1C(=O)CN1CCCC1. The molecule has 0 aliphatic carbocycles. The van der Waals surface area contributed by atoms with Gasteiger partial charge in [0.25, 0.3) is 0 Å². The van der Waals surface area contributed by atoms with Gasteiger partial charge in [-0.25, -0.2) is 0 Å². The van der Waals surface area contributed by atoms with Crippen molar-refractivity contribution >= 4 is 5.91 Å². The van der Waals surface area contributed by atoms with Crippen molar-refractivity contribution in [1.82, 2.24) is 9.80 Å². The fraction of sp³-hybridized carbons (Fsp3) is 0.824. The molecule has 2 heterocycles. The molecule has 1 amide bonds. The van der Waals surface area contributed by atoms with Gasteiger partial charge in [-0.15, -0.1) is 0 Å². The lowest BCUT2D eigenvalue weighted by Gasteiger charge is -2.28. The highest BCUT2D eigenvalue weighted by Gasteiger charge is 2.34. The zero-order chi connectivity index (χ0) is 14.9. The van der Waals surface area contributed by atoms with E-state index < -0.39 is 0 Å². The number of carbonyl (C=O) groups excluding carboxylic acids is 1. The first-order valence-corrected chi connectivity index (χ1v) is 8.07. The van der Waals surface area contributed by atoms with Crippen molar-refractivity contribution in [2.75, 3.05) is 26.2 Å². The third-order valence-electron chi connectivity index (χ3n) is 4.50. The Kier molecular flexibility index (Phi) is 4.58. The Labute approximate surface area is 124 Å². The molecule has 0 radical (unpaired) electrons. The monoisotopic (exact) mass is 278 g/mol. The molecule has 3 nitrogen and oxygen atoms in total. The van der Waals surface area contributed by atoms with Crippen molar-refractivity contribution in [3.63, 3.8) is 0 Å². The number of likely N-dealkylation sites (tertiary alicyclic amines) is 1. The molecule has 2 aliphatic rings. The van der Waals surface area contributed by atoms with Gasteiger partial charge < -0.3 is 4.90 Å². The fourth-order valence-electron chi connectivity index (χ4n) is 3.53. The highest BCUT2D eigenvalue weighted by molar-refractivity contribution is 5.81. The quantitative estimate of drug-likeness (QED) is 0.791. The molecular weight excluding hydrogens is 248 g/mol. The third kappa shape index (κ3) is 3.25. The maximum Gasteiger partial charge on any atom is 0.240 e. The van der Waals surface area contributed by atoms with E-state index in [4.69, 9.17) is 0 Å². The summed E-state index contributed by atoms with van der Waals surface area (Å²) in [5.74, 6) is 0.726. The smallest absolute Gasteiger partial charge is 0.240 e. The molecular formula is C17H30N2O. The summed E-state index contributed by atoms with van der Waals surface area (Å²) in [5.41, 5.74) is 2.94. The molecule has 3 heteroatoms. The first kappa shape index (κ1) is 15.6. The van der Waals surface area contributed by atoms with E-state index in [0.717, 1.165) is 26.1 Å². The largest absolute Gasteiger partial charge is 0.315 e. The van der Waals surface area contributed by atoms with E-state index in [0.29, 0.717) is 18.4 Å². The van der Waals surface area contributed by atoms with Gasteiger partial charge in [0.05, 0.1) is 6.54 Å². The molecule has 2 rings (SSSR count). The molecule has 1 fully saturated rings. The van der Waals surface area contributed by atoms with Gasteiger partial charge in [-0.3, -0.25) is 9.69 Å². The molecule has 0 aromatic carbocycles. The Morgan fingerprint density at radius 3 is 2.25 bits per heavy atom. The van der Waals surface area contributed by atoms with Crippen molar-refractivity contribution in [2.45, 2.75) is 53.9 Å². The lowest BCUT2D eigenvalue weighted by molar-refractivity contribution is -0.130. The van der Waals surface area contributed by atoms with Gasteiger partial charge in [-0.05, 0) is 49.3 Å². The Balaban J connectivity index is 2.15. The second-order valence-electron chi connectivity index (χ2n) is 7.55. The van der Waals surface area contributed by atoms with Gasteiger partial charge in [0.15, 0.2) is 0 Å². The Morgan fingerprint density at radius 1 is 1.15 bits per heavy atom. The molecule has 1 saturated heterocycles. The topological polar surface area (TPSA) is 23.6 Å². The summed E-state index contributed by atoms with van der Waals surface area (Å²) in [7, 11) is 0.